The summed E-state index contributed by atoms with van der Waals surface area (Å²) < 4.78 is 47.1. The molecule has 2 aromatic rings. The number of hydrogen-bond acceptors (Lipinski definition) is 8. The van der Waals surface area contributed by atoms with E-state index in [2.05, 4.69) is 15.0 Å². The van der Waals surface area contributed by atoms with Gasteiger partial charge in [0.2, 0.25) is 5.89 Å². The molecule has 37 heavy (non-hydrogen) atoms. The third-order valence-corrected chi connectivity index (χ3v) is 5.99. The molecule has 12 heteroatoms. The molecule has 202 valence electrons. The Hall–Kier alpha value is -3.41. The highest BCUT2D eigenvalue weighted by Gasteiger charge is 2.33. The molecule has 10 nitrogen and oxygen atoms in total. The fourth-order valence-electron chi connectivity index (χ4n) is 3.98. The van der Waals surface area contributed by atoms with E-state index >= 15 is 0 Å². The summed E-state index contributed by atoms with van der Waals surface area (Å²) in [4.78, 5) is 31.2. The van der Waals surface area contributed by atoms with Crippen molar-refractivity contribution in [2.45, 2.75) is 64.8 Å². The molecule has 1 aliphatic heterocycles. The molecule has 0 bridgehead atoms. The van der Waals surface area contributed by atoms with Crippen LogP contribution in [0.25, 0.3) is 11.5 Å². The van der Waals surface area contributed by atoms with Crippen LogP contribution in [0.2, 0.25) is 0 Å². The lowest BCUT2D eigenvalue weighted by Gasteiger charge is -2.17. The number of benzene rings is 1. The number of ether oxygens (including phenoxy) is 3. The third kappa shape index (κ3) is 6.88. The smallest absolute Gasteiger partial charge is 0.407 e. The number of likely N-dealkylation sites (tertiary alicyclic amines) is 1. The van der Waals surface area contributed by atoms with E-state index in [1.165, 1.54) is 18.2 Å². The van der Waals surface area contributed by atoms with Crippen LogP contribution >= 0.6 is 0 Å². The van der Waals surface area contributed by atoms with Crippen molar-refractivity contribution in [3.63, 3.8) is 0 Å². The van der Waals surface area contributed by atoms with Gasteiger partial charge in [-0.05, 0) is 64.2 Å². The van der Waals surface area contributed by atoms with Gasteiger partial charge >= 0.3 is 12.7 Å². The lowest BCUT2D eigenvalue weighted by atomic mass is 10.2. The minimum Gasteiger partial charge on any atom is -0.489 e. The van der Waals surface area contributed by atoms with E-state index in [0.29, 0.717) is 31.1 Å². The Morgan fingerprint density at radius 3 is 2.62 bits per heavy atom. The minimum absolute atomic E-state index is 0.0590. The van der Waals surface area contributed by atoms with E-state index in [4.69, 9.17) is 19.6 Å². The summed E-state index contributed by atoms with van der Waals surface area (Å²) in [5.74, 6) is 0.353. The molecule has 2 heterocycles. The summed E-state index contributed by atoms with van der Waals surface area (Å²) in [5.41, 5.74) is 6.55. The molecule has 1 aliphatic carbocycles. The minimum atomic E-state index is -3.00. The number of carbonyl (C=O) groups excluding carboxylic acids is 2. The van der Waals surface area contributed by atoms with E-state index in [1.807, 2.05) is 0 Å². The van der Waals surface area contributed by atoms with Gasteiger partial charge in [-0.3, -0.25) is 4.79 Å². The molecule has 1 unspecified atom stereocenters. The summed E-state index contributed by atoms with van der Waals surface area (Å²) >= 11 is 0. The molecule has 0 radical (unpaired) electrons. The van der Waals surface area contributed by atoms with E-state index < -0.39 is 18.7 Å². The Bertz CT molecular complexity index is 1120. The van der Waals surface area contributed by atoms with Crippen LogP contribution in [0.5, 0.6) is 11.5 Å². The Morgan fingerprint density at radius 2 is 1.97 bits per heavy atom. The number of alkyl carbamates (subject to hydrolysis) is 1. The maximum Gasteiger partial charge on any atom is 0.407 e. The van der Waals surface area contributed by atoms with Gasteiger partial charge in [0, 0.05) is 18.7 Å². The van der Waals surface area contributed by atoms with E-state index in [1.54, 1.807) is 25.7 Å². The third-order valence-electron chi connectivity index (χ3n) is 5.99. The van der Waals surface area contributed by atoms with Crippen molar-refractivity contribution >= 4 is 12.0 Å². The number of amides is 2. The van der Waals surface area contributed by atoms with E-state index in [-0.39, 0.29) is 53.4 Å². The predicted octanol–water partition coefficient (Wildman–Crippen LogP) is 4.10. The van der Waals surface area contributed by atoms with Gasteiger partial charge in [0.05, 0.1) is 24.8 Å². The summed E-state index contributed by atoms with van der Waals surface area (Å²) in [6.07, 6.45) is 1.83. The van der Waals surface area contributed by atoms with Gasteiger partial charge in [0.25, 0.3) is 5.91 Å². The van der Waals surface area contributed by atoms with Gasteiger partial charge in [0.15, 0.2) is 23.0 Å². The molecule has 2 fully saturated rings. The number of carbonyl (C=O) groups is 2. The highest BCUT2D eigenvalue weighted by molar-refractivity contribution is 5.94. The maximum atomic E-state index is 13.3. The Morgan fingerprint density at radius 1 is 1.22 bits per heavy atom. The number of oxazole rings is 1. The average molecular weight is 523 g/mol. The van der Waals surface area contributed by atoms with Gasteiger partial charge in [0.1, 0.15) is 0 Å². The largest absolute Gasteiger partial charge is 0.489 e. The van der Waals surface area contributed by atoms with Crippen LogP contribution in [0, 0.1) is 5.92 Å². The molecule has 2 aliphatic rings. The molecule has 3 N–H and O–H groups in total. The fraction of sp³-hybridized carbons (Fsp3) is 0.560. The number of nitrogens with one attached hydrogen (secondary N) is 1. The van der Waals surface area contributed by atoms with Crippen molar-refractivity contribution in [3.8, 4) is 23.0 Å². The normalized spacial score (nSPS) is 18.3. The number of aromatic nitrogens is 1. The molecule has 4 rings (SSSR count). The average Bonchev–Trinajstić information content (AvgIpc) is 3.34. The van der Waals surface area contributed by atoms with Crippen LogP contribution < -0.4 is 20.5 Å². The van der Waals surface area contributed by atoms with Crippen LogP contribution in [0.1, 0.15) is 62.3 Å². The molecule has 2 atom stereocenters. The number of halogens is 2. The lowest BCUT2D eigenvalue weighted by molar-refractivity contribution is -0.0515. The first-order valence-electron chi connectivity index (χ1n) is 12.4. The number of hydrogen-bond donors (Lipinski definition) is 2. The summed E-state index contributed by atoms with van der Waals surface area (Å²) in [5, 5.41) is 2.76. The van der Waals surface area contributed by atoms with Gasteiger partial charge in [-0.25, -0.2) is 9.78 Å². The van der Waals surface area contributed by atoms with Crippen LogP contribution in [0.4, 0.5) is 13.6 Å². The second-order valence-corrected chi connectivity index (χ2v) is 9.65. The van der Waals surface area contributed by atoms with Crippen LogP contribution in [-0.2, 0) is 4.74 Å². The molecular weight excluding hydrogens is 490 g/mol. The number of nitrogens with two attached hydrogens (primary N) is 1. The number of alkyl halides is 2. The van der Waals surface area contributed by atoms with Crippen LogP contribution in [0.15, 0.2) is 22.6 Å². The second-order valence-electron chi connectivity index (χ2n) is 9.65. The standard InChI is InChI=1S/C25H32F2N4O6/c1-13(2)35-25(33)29-17-8-9-31(11-17)23(32)20-21(14(3)28)37-22(30-20)16-6-7-18(36-24(26)27)19(10-16)34-12-15-4-5-15/h6-7,10,13-15,17,24H,4-5,8-9,11-12,28H2,1-3H3,(H,29,33)/t14?,17-/m1/s1. The first-order chi connectivity index (χ1) is 17.6. The topological polar surface area (TPSA) is 129 Å². The van der Waals surface area contributed by atoms with Crippen LogP contribution in [0.3, 0.4) is 0 Å². The monoisotopic (exact) mass is 522 g/mol. The zero-order chi connectivity index (χ0) is 26.7. The maximum absolute atomic E-state index is 13.3. The molecule has 2 amide bonds. The highest BCUT2D eigenvalue weighted by Crippen LogP contribution is 2.37. The summed E-state index contributed by atoms with van der Waals surface area (Å²) in [7, 11) is 0. The van der Waals surface area contributed by atoms with E-state index in [0.717, 1.165) is 12.8 Å². The van der Waals surface area contributed by atoms with Gasteiger partial charge in [-0.15, -0.1) is 0 Å². The molecular formula is C25H32F2N4O6. The van der Waals surface area contributed by atoms with Crippen molar-refractivity contribution in [1.82, 2.24) is 15.2 Å². The molecule has 0 spiro atoms. The molecule has 1 saturated carbocycles. The van der Waals surface area contributed by atoms with Gasteiger partial charge in [-0.2, -0.15) is 8.78 Å². The van der Waals surface area contributed by atoms with Crippen molar-refractivity contribution in [2.24, 2.45) is 11.7 Å². The van der Waals surface area contributed by atoms with Crippen molar-refractivity contribution < 1.29 is 37.0 Å². The molecule has 1 aromatic carbocycles. The van der Waals surface area contributed by atoms with Gasteiger partial charge < -0.3 is 34.6 Å². The number of nitrogens with zero attached hydrogens (tertiary/aromatic N) is 2. The van der Waals surface area contributed by atoms with Crippen molar-refractivity contribution in [1.29, 1.82) is 0 Å². The molecule has 1 saturated heterocycles. The van der Waals surface area contributed by atoms with Gasteiger partial charge in [-0.1, -0.05) is 0 Å². The van der Waals surface area contributed by atoms with Crippen molar-refractivity contribution in [3.05, 3.63) is 29.7 Å². The lowest BCUT2D eigenvalue weighted by Crippen LogP contribution is -2.39. The van der Waals surface area contributed by atoms with Crippen molar-refractivity contribution in [2.75, 3.05) is 19.7 Å². The zero-order valence-electron chi connectivity index (χ0n) is 21.0. The number of rotatable bonds is 10. The first kappa shape index (κ1) is 26.6. The molecule has 1 aromatic heterocycles. The quantitative estimate of drug-likeness (QED) is 0.477. The Kier molecular flexibility index (Phi) is 8.16. The highest BCUT2D eigenvalue weighted by atomic mass is 19.3. The zero-order valence-corrected chi connectivity index (χ0v) is 21.0. The van der Waals surface area contributed by atoms with Crippen LogP contribution in [-0.4, -0.2) is 60.3 Å². The SMILES string of the molecule is CC(C)OC(=O)N[C@@H]1CCN(C(=O)c2nc(-c3ccc(OC(F)F)c(OCC4CC4)c3)oc2C(C)N)C1. The Labute approximate surface area is 213 Å². The summed E-state index contributed by atoms with van der Waals surface area (Å²) in [6, 6.07) is 3.47. The first-order valence-corrected chi connectivity index (χ1v) is 12.4. The second kappa shape index (κ2) is 11.3. The summed E-state index contributed by atoms with van der Waals surface area (Å²) in [6.45, 7) is 3.25. The Balaban J connectivity index is 1.53. The predicted molar refractivity (Wildman–Crippen MR) is 128 cm³/mol. The fourth-order valence-corrected chi connectivity index (χ4v) is 3.98. The van der Waals surface area contributed by atoms with E-state index in [9.17, 15) is 18.4 Å².